The second-order valence-electron chi connectivity index (χ2n) is 4.87. The first-order chi connectivity index (χ1) is 8.82. The van der Waals surface area contributed by atoms with Crippen molar-refractivity contribution >= 4 is 34.0 Å². The molecule has 1 aromatic carbocycles. The predicted octanol–water partition coefficient (Wildman–Crippen LogP) is 2.26. The zero-order valence-electron chi connectivity index (χ0n) is 10.9. The minimum Gasteiger partial charge on any atom is -0.327 e. The molecule has 1 aromatic rings. The van der Waals surface area contributed by atoms with E-state index >= 15 is 0 Å². The Morgan fingerprint density at radius 2 is 2.10 bits per heavy atom. The number of hydrogen-bond acceptors (Lipinski definition) is 3. The van der Waals surface area contributed by atoms with Crippen molar-refractivity contribution < 1.29 is 12.8 Å². The maximum Gasteiger partial charge on any atom is 0.244 e. The predicted molar refractivity (Wildman–Crippen MR) is 79.2 cm³/mol. The molecule has 0 bridgehead atoms. The minimum atomic E-state index is -3.77. The Bertz CT molecular complexity index is 583. The number of sulfonamides is 1. The standard InChI is InChI=1S/C12H16ClFN2O2S.ClH/c1-8-7-16(5-4-11(8)15)19(17,18)12-6-9(14)2-3-10(12)13;/h2-3,6,8,11H,4-5,7,15H2,1H3;1H. The summed E-state index contributed by atoms with van der Waals surface area (Å²) in [6, 6.07) is 3.34. The number of benzene rings is 1. The minimum absolute atomic E-state index is 0. The smallest absolute Gasteiger partial charge is 0.244 e. The van der Waals surface area contributed by atoms with Gasteiger partial charge in [0.1, 0.15) is 10.7 Å². The number of rotatable bonds is 2. The van der Waals surface area contributed by atoms with Gasteiger partial charge in [-0.05, 0) is 30.5 Å². The molecule has 8 heteroatoms. The Morgan fingerprint density at radius 1 is 1.45 bits per heavy atom. The summed E-state index contributed by atoms with van der Waals surface area (Å²) in [7, 11) is -3.77. The lowest BCUT2D eigenvalue weighted by atomic mass is 9.96. The van der Waals surface area contributed by atoms with Gasteiger partial charge in [0.25, 0.3) is 0 Å². The molecule has 1 heterocycles. The van der Waals surface area contributed by atoms with E-state index in [1.807, 2.05) is 6.92 Å². The van der Waals surface area contributed by atoms with Crippen molar-refractivity contribution in [3.63, 3.8) is 0 Å². The summed E-state index contributed by atoms with van der Waals surface area (Å²) in [5, 5.41) is 0.0314. The number of halogens is 3. The molecule has 0 spiro atoms. The second-order valence-corrected chi connectivity index (χ2v) is 7.18. The average molecular weight is 343 g/mol. The van der Waals surface area contributed by atoms with E-state index in [0.717, 1.165) is 12.1 Å². The molecule has 2 rings (SSSR count). The van der Waals surface area contributed by atoms with E-state index in [2.05, 4.69) is 0 Å². The van der Waals surface area contributed by atoms with Gasteiger partial charge in [-0.3, -0.25) is 0 Å². The van der Waals surface area contributed by atoms with Crippen LogP contribution in [0.25, 0.3) is 0 Å². The summed E-state index contributed by atoms with van der Waals surface area (Å²) in [4.78, 5) is -0.183. The lowest BCUT2D eigenvalue weighted by Gasteiger charge is -2.34. The molecule has 2 atom stereocenters. The van der Waals surface area contributed by atoms with Crippen LogP contribution in [0.4, 0.5) is 4.39 Å². The molecule has 20 heavy (non-hydrogen) atoms. The van der Waals surface area contributed by atoms with E-state index in [4.69, 9.17) is 17.3 Å². The summed E-state index contributed by atoms with van der Waals surface area (Å²) in [6.07, 6.45) is 0.591. The number of nitrogens with two attached hydrogens (primary N) is 1. The first kappa shape index (κ1) is 17.7. The highest BCUT2D eigenvalue weighted by molar-refractivity contribution is 7.89. The van der Waals surface area contributed by atoms with Gasteiger partial charge in [0, 0.05) is 19.1 Å². The summed E-state index contributed by atoms with van der Waals surface area (Å²) in [5.41, 5.74) is 5.87. The molecular weight excluding hydrogens is 326 g/mol. The Morgan fingerprint density at radius 3 is 2.70 bits per heavy atom. The molecule has 0 aliphatic carbocycles. The maximum atomic E-state index is 13.2. The average Bonchev–Trinajstić information content (AvgIpc) is 2.35. The quantitative estimate of drug-likeness (QED) is 0.896. The fourth-order valence-corrected chi connectivity index (χ4v) is 4.20. The molecule has 4 nitrogen and oxygen atoms in total. The van der Waals surface area contributed by atoms with Crippen molar-refractivity contribution in [3.05, 3.63) is 29.0 Å². The molecule has 1 fully saturated rings. The Kier molecular flexibility index (Phi) is 5.80. The van der Waals surface area contributed by atoms with Gasteiger partial charge >= 0.3 is 0 Å². The van der Waals surface area contributed by atoms with E-state index in [1.165, 1.54) is 10.4 Å². The Balaban J connectivity index is 0.00000200. The molecule has 1 aliphatic heterocycles. The number of hydrogen-bond donors (Lipinski definition) is 1. The van der Waals surface area contributed by atoms with Crippen molar-refractivity contribution in [2.45, 2.75) is 24.3 Å². The summed E-state index contributed by atoms with van der Waals surface area (Å²) >= 11 is 5.87. The maximum absolute atomic E-state index is 13.2. The summed E-state index contributed by atoms with van der Waals surface area (Å²) < 4.78 is 39.4. The molecule has 2 unspecified atom stereocenters. The van der Waals surface area contributed by atoms with Crippen molar-refractivity contribution in [3.8, 4) is 0 Å². The highest BCUT2D eigenvalue weighted by Crippen LogP contribution is 2.28. The van der Waals surface area contributed by atoms with Crippen molar-refractivity contribution in [2.24, 2.45) is 11.7 Å². The first-order valence-electron chi connectivity index (χ1n) is 6.03. The van der Waals surface area contributed by atoms with Gasteiger partial charge in [-0.25, -0.2) is 12.8 Å². The van der Waals surface area contributed by atoms with Crippen LogP contribution in [0, 0.1) is 11.7 Å². The second kappa shape index (κ2) is 6.58. The van der Waals surface area contributed by atoms with Crippen LogP contribution in [0.5, 0.6) is 0 Å². The van der Waals surface area contributed by atoms with Crippen LogP contribution < -0.4 is 5.73 Å². The molecule has 2 N–H and O–H groups in total. The fourth-order valence-electron chi connectivity index (χ4n) is 2.16. The van der Waals surface area contributed by atoms with Crippen LogP contribution in [0.1, 0.15) is 13.3 Å². The molecule has 114 valence electrons. The van der Waals surface area contributed by atoms with E-state index in [1.54, 1.807) is 0 Å². The van der Waals surface area contributed by atoms with Crippen LogP contribution in [0.2, 0.25) is 5.02 Å². The molecule has 0 amide bonds. The Labute approximate surface area is 129 Å². The van der Waals surface area contributed by atoms with E-state index in [-0.39, 0.29) is 34.3 Å². The topological polar surface area (TPSA) is 63.4 Å². The molecule has 0 saturated carbocycles. The zero-order chi connectivity index (χ0) is 14.2. The third kappa shape index (κ3) is 3.43. The summed E-state index contributed by atoms with van der Waals surface area (Å²) in [6.45, 7) is 2.57. The lowest BCUT2D eigenvalue weighted by Crippen LogP contribution is -2.48. The van der Waals surface area contributed by atoms with Crippen LogP contribution in [-0.2, 0) is 10.0 Å². The van der Waals surface area contributed by atoms with Crippen molar-refractivity contribution in [1.82, 2.24) is 4.31 Å². The number of piperidine rings is 1. The third-order valence-electron chi connectivity index (χ3n) is 3.45. The van der Waals surface area contributed by atoms with E-state index in [9.17, 15) is 12.8 Å². The third-order valence-corrected chi connectivity index (χ3v) is 5.79. The Hall–Kier alpha value is -0.400. The van der Waals surface area contributed by atoms with Crippen LogP contribution >= 0.6 is 24.0 Å². The molecule has 1 saturated heterocycles. The molecule has 1 aliphatic rings. The largest absolute Gasteiger partial charge is 0.327 e. The normalized spacial score (nSPS) is 24.2. The SMILES string of the molecule is CC1CN(S(=O)(=O)c2cc(F)ccc2Cl)CCC1N.Cl. The van der Waals surface area contributed by atoms with Gasteiger partial charge < -0.3 is 5.73 Å². The lowest BCUT2D eigenvalue weighted by molar-refractivity contribution is 0.250. The van der Waals surface area contributed by atoms with Gasteiger partial charge in [0.05, 0.1) is 5.02 Å². The van der Waals surface area contributed by atoms with Gasteiger partial charge in [-0.1, -0.05) is 18.5 Å². The molecule has 0 aromatic heterocycles. The van der Waals surface area contributed by atoms with Crippen molar-refractivity contribution in [2.75, 3.05) is 13.1 Å². The highest BCUT2D eigenvalue weighted by Gasteiger charge is 2.33. The van der Waals surface area contributed by atoms with Crippen LogP contribution in [0.15, 0.2) is 23.1 Å². The van der Waals surface area contributed by atoms with Gasteiger partial charge in [0.2, 0.25) is 10.0 Å². The first-order valence-corrected chi connectivity index (χ1v) is 7.85. The fraction of sp³-hybridized carbons (Fsp3) is 0.500. The van der Waals surface area contributed by atoms with E-state index < -0.39 is 15.8 Å². The number of nitrogens with zero attached hydrogens (tertiary/aromatic N) is 1. The monoisotopic (exact) mass is 342 g/mol. The van der Waals surface area contributed by atoms with Gasteiger partial charge in [0.15, 0.2) is 0 Å². The van der Waals surface area contributed by atoms with Crippen molar-refractivity contribution in [1.29, 1.82) is 0 Å². The summed E-state index contributed by atoms with van der Waals surface area (Å²) in [5.74, 6) is -0.555. The van der Waals surface area contributed by atoms with Crippen LogP contribution in [0.3, 0.4) is 0 Å². The highest BCUT2D eigenvalue weighted by atomic mass is 35.5. The zero-order valence-corrected chi connectivity index (χ0v) is 13.3. The molecular formula is C12H17Cl2FN2O2S. The van der Waals surface area contributed by atoms with E-state index in [0.29, 0.717) is 19.5 Å². The molecule has 0 radical (unpaired) electrons. The van der Waals surface area contributed by atoms with Gasteiger partial charge in [-0.15, -0.1) is 12.4 Å². The van der Waals surface area contributed by atoms with Crippen LogP contribution in [-0.4, -0.2) is 31.9 Å². The van der Waals surface area contributed by atoms with Gasteiger partial charge in [-0.2, -0.15) is 4.31 Å².